The lowest BCUT2D eigenvalue weighted by Crippen LogP contribution is -2.34. The van der Waals surface area contributed by atoms with Crippen LogP contribution >= 0.6 is 11.3 Å². The molecule has 0 aliphatic heterocycles. The van der Waals surface area contributed by atoms with Gasteiger partial charge in [-0.3, -0.25) is 14.9 Å². The van der Waals surface area contributed by atoms with E-state index in [1.807, 2.05) is 24.4 Å². The first-order valence-corrected chi connectivity index (χ1v) is 7.66. The van der Waals surface area contributed by atoms with Gasteiger partial charge in [-0.2, -0.15) is 0 Å². The number of nitro groups is 1. The molecule has 0 aliphatic carbocycles. The molecule has 116 valence electrons. The number of hydrogen-bond donors (Lipinski definition) is 0. The molecule has 1 aromatic heterocycles. The fraction of sp³-hybridized carbons (Fsp3) is 0.267. The van der Waals surface area contributed by atoms with Gasteiger partial charge in [-0.1, -0.05) is 18.2 Å². The van der Waals surface area contributed by atoms with Crippen molar-refractivity contribution in [3.05, 3.63) is 56.8 Å². The van der Waals surface area contributed by atoms with Gasteiger partial charge in [0.2, 0.25) is 0 Å². The molecule has 0 saturated carbocycles. The zero-order valence-electron chi connectivity index (χ0n) is 12.1. The second-order valence-electron chi connectivity index (χ2n) is 4.50. The van der Waals surface area contributed by atoms with E-state index >= 15 is 0 Å². The molecule has 1 aromatic carbocycles. The maximum atomic E-state index is 12.2. The molecule has 1 heterocycles. The number of thiophene rings is 1. The van der Waals surface area contributed by atoms with Gasteiger partial charge in [0.25, 0.3) is 5.91 Å². The Morgan fingerprint density at radius 2 is 2.09 bits per heavy atom. The van der Waals surface area contributed by atoms with Gasteiger partial charge in [0.15, 0.2) is 12.4 Å². The van der Waals surface area contributed by atoms with Gasteiger partial charge < -0.3 is 9.64 Å². The molecule has 0 aliphatic rings. The van der Waals surface area contributed by atoms with Crippen molar-refractivity contribution in [2.75, 3.05) is 13.2 Å². The fourth-order valence-corrected chi connectivity index (χ4v) is 2.65. The zero-order chi connectivity index (χ0) is 15.9. The minimum absolute atomic E-state index is 0.105. The highest BCUT2D eigenvalue weighted by Gasteiger charge is 2.17. The molecule has 0 spiro atoms. The van der Waals surface area contributed by atoms with E-state index < -0.39 is 4.92 Å². The van der Waals surface area contributed by atoms with E-state index in [1.54, 1.807) is 28.4 Å². The first-order valence-electron chi connectivity index (χ1n) is 6.78. The van der Waals surface area contributed by atoms with E-state index in [9.17, 15) is 14.9 Å². The van der Waals surface area contributed by atoms with Crippen molar-refractivity contribution in [2.24, 2.45) is 0 Å². The van der Waals surface area contributed by atoms with E-state index in [4.69, 9.17) is 4.74 Å². The van der Waals surface area contributed by atoms with E-state index in [2.05, 4.69) is 0 Å². The van der Waals surface area contributed by atoms with Gasteiger partial charge in [0.1, 0.15) is 0 Å². The summed E-state index contributed by atoms with van der Waals surface area (Å²) in [7, 11) is 0. The lowest BCUT2D eigenvalue weighted by atomic mass is 10.3. The Morgan fingerprint density at radius 3 is 2.73 bits per heavy atom. The number of benzene rings is 1. The first kappa shape index (κ1) is 16.0. The zero-order valence-corrected chi connectivity index (χ0v) is 12.9. The number of likely N-dealkylation sites (N-methyl/N-ethyl adjacent to an activating group) is 1. The highest BCUT2D eigenvalue weighted by molar-refractivity contribution is 7.09. The molecule has 6 nitrogen and oxygen atoms in total. The standard InChI is InChI=1S/C15H16N2O4S/c1-2-16(10-12-6-5-9-22-12)15(18)11-21-14-8-4-3-7-13(14)17(19)20/h3-9H,2,10-11H2,1H3. The van der Waals surface area contributed by atoms with Crippen LogP contribution in [-0.2, 0) is 11.3 Å². The van der Waals surface area contributed by atoms with Crippen LogP contribution in [0.4, 0.5) is 5.69 Å². The molecule has 1 amide bonds. The van der Waals surface area contributed by atoms with E-state index in [0.717, 1.165) is 4.88 Å². The van der Waals surface area contributed by atoms with E-state index in [-0.39, 0.29) is 24.0 Å². The van der Waals surface area contributed by atoms with Crippen molar-refractivity contribution in [1.82, 2.24) is 4.90 Å². The second kappa shape index (κ2) is 7.56. The Labute approximate surface area is 132 Å². The summed E-state index contributed by atoms with van der Waals surface area (Å²) in [6.45, 7) is 2.74. The number of amides is 1. The third-order valence-corrected chi connectivity index (χ3v) is 3.94. The quantitative estimate of drug-likeness (QED) is 0.580. The Kier molecular flexibility index (Phi) is 5.48. The number of para-hydroxylation sites is 2. The summed E-state index contributed by atoms with van der Waals surface area (Å²) in [6.07, 6.45) is 0. The summed E-state index contributed by atoms with van der Waals surface area (Å²) < 4.78 is 5.33. The lowest BCUT2D eigenvalue weighted by molar-refractivity contribution is -0.385. The number of nitrogens with zero attached hydrogens (tertiary/aromatic N) is 2. The molecule has 0 atom stereocenters. The largest absolute Gasteiger partial charge is 0.477 e. The van der Waals surface area contributed by atoms with Crippen LogP contribution in [0.2, 0.25) is 0 Å². The Morgan fingerprint density at radius 1 is 1.32 bits per heavy atom. The lowest BCUT2D eigenvalue weighted by Gasteiger charge is -2.20. The topological polar surface area (TPSA) is 72.7 Å². The number of hydrogen-bond acceptors (Lipinski definition) is 5. The molecular formula is C15H16N2O4S. The van der Waals surface area contributed by atoms with Crippen LogP contribution in [0.15, 0.2) is 41.8 Å². The Bertz CT molecular complexity index is 643. The summed E-state index contributed by atoms with van der Waals surface area (Å²) in [5.74, 6) is -0.0953. The predicted octanol–water partition coefficient (Wildman–Crippen LogP) is 3.08. The number of nitro benzene ring substituents is 1. The van der Waals surface area contributed by atoms with Crippen molar-refractivity contribution in [3.8, 4) is 5.75 Å². The average molecular weight is 320 g/mol. The molecule has 0 unspecified atom stereocenters. The molecule has 0 radical (unpaired) electrons. The maximum absolute atomic E-state index is 12.2. The van der Waals surface area contributed by atoms with Crippen molar-refractivity contribution < 1.29 is 14.5 Å². The Balaban J connectivity index is 1.98. The molecule has 7 heteroatoms. The third kappa shape index (κ3) is 4.05. The molecule has 0 saturated heterocycles. The van der Waals surface area contributed by atoms with Gasteiger partial charge in [-0.25, -0.2) is 0 Å². The number of ether oxygens (including phenoxy) is 1. The predicted molar refractivity (Wildman–Crippen MR) is 84.0 cm³/mol. The summed E-state index contributed by atoms with van der Waals surface area (Å²) in [6, 6.07) is 9.92. The van der Waals surface area contributed by atoms with Gasteiger partial charge in [0, 0.05) is 17.5 Å². The maximum Gasteiger partial charge on any atom is 0.310 e. The van der Waals surface area contributed by atoms with Crippen LogP contribution in [0.25, 0.3) is 0 Å². The summed E-state index contributed by atoms with van der Waals surface area (Å²) in [5, 5.41) is 12.9. The minimum Gasteiger partial charge on any atom is -0.477 e. The monoisotopic (exact) mass is 320 g/mol. The normalized spacial score (nSPS) is 10.2. The van der Waals surface area contributed by atoms with Crippen LogP contribution in [0.5, 0.6) is 5.75 Å². The van der Waals surface area contributed by atoms with Crippen LogP contribution in [0, 0.1) is 10.1 Å². The summed E-state index contributed by atoms with van der Waals surface area (Å²) >= 11 is 1.58. The molecule has 0 fully saturated rings. The molecule has 2 rings (SSSR count). The third-order valence-electron chi connectivity index (χ3n) is 3.07. The van der Waals surface area contributed by atoms with Crippen LogP contribution < -0.4 is 4.74 Å². The molecule has 0 N–H and O–H groups in total. The fourth-order valence-electron chi connectivity index (χ4n) is 1.93. The first-order chi connectivity index (χ1) is 10.6. The molecule has 2 aromatic rings. The highest BCUT2D eigenvalue weighted by Crippen LogP contribution is 2.25. The van der Waals surface area contributed by atoms with E-state index in [0.29, 0.717) is 13.1 Å². The van der Waals surface area contributed by atoms with Crippen LogP contribution in [0.3, 0.4) is 0 Å². The van der Waals surface area contributed by atoms with Crippen molar-refractivity contribution >= 4 is 22.9 Å². The van der Waals surface area contributed by atoms with Gasteiger partial charge in [-0.05, 0) is 24.4 Å². The minimum atomic E-state index is -0.525. The molecular weight excluding hydrogens is 304 g/mol. The summed E-state index contributed by atoms with van der Waals surface area (Å²) in [5.41, 5.74) is -0.142. The molecule has 0 bridgehead atoms. The van der Waals surface area contributed by atoms with Crippen molar-refractivity contribution in [2.45, 2.75) is 13.5 Å². The smallest absolute Gasteiger partial charge is 0.310 e. The summed E-state index contributed by atoms with van der Waals surface area (Å²) in [4.78, 5) is 25.3. The average Bonchev–Trinajstić information content (AvgIpc) is 3.03. The number of carbonyl (C=O) groups is 1. The number of carbonyl (C=O) groups excluding carboxylic acids is 1. The van der Waals surface area contributed by atoms with Gasteiger partial charge in [0.05, 0.1) is 11.5 Å². The van der Waals surface area contributed by atoms with Crippen molar-refractivity contribution in [3.63, 3.8) is 0 Å². The van der Waals surface area contributed by atoms with Gasteiger partial charge in [-0.15, -0.1) is 11.3 Å². The SMILES string of the molecule is CCN(Cc1cccs1)C(=O)COc1ccccc1[N+](=O)[O-]. The molecule has 22 heavy (non-hydrogen) atoms. The van der Waals surface area contributed by atoms with E-state index in [1.165, 1.54) is 12.1 Å². The van der Waals surface area contributed by atoms with Crippen molar-refractivity contribution in [1.29, 1.82) is 0 Å². The second-order valence-corrected chi connectivity index (χ2v) is 5.53. The highest BCUT2D eigenvalue weighted by atomic mass is 32.1. The Hall–Kier alpha value is -2.41. The van der Waals surface area contributed by atoms with Crippen LogP contribution in [0.1, 0.15) is 11.8 Å². The number of rotatable bonds is 7. The van der Waals surface area contributed by atoms with Gasteiger partial charge >= 0.3 is 5.69 Å². The van der Waals surface area contributed by atoms with Crippen LogP contribution in [-0.4, -0.2) is 28.9 Å².